The lowest BCUT2D eigenvalue weighted by molar-refractivity contribution is -0.0501. The third kappa shape index (κ3) is 4.33. The van der Waals surface area contributed by atoms with Gasteiger partial charge in [-0.2, -0.15) is 0 Å². The van der Waals surface area contributed by atoms with Crippen LogP contribution in [0.1, 0.15) is 18.7 Å². The second-order valence-electron chi connectivity index (χ2n) is 8.44. The first-order valence-electron chi connectivity index (χ1n) is 11.7. The molecule has 11 nitrogen and oxygen atoms in total. The van der Waals surface area contributed by atoms with Crippen LogP contribution in [0.3, 0.4) is 0 Å². The van der Waals surface area contributed by atoms with E-state index in [-0.39, 0.29) is 5.82 Å². The van der Waals surface area contributed by atoms with E-state index in [0.29, 0.717) is 30.3 Å². The van der Waals surface area contributed by atoms with Crippen molar-refractivity contribution in [2.24, 2.45) is 0 Å². The molecular formula is C25H28N6O5. The van der Waals surface area contributed by atoms with Crippen LogP contribution in [0.15, 0.2) is 54.9 Å². The number of aromatic nitrogens is 4. The number of rotatable bonds is 8. The van der Waals surface area contributed by atoms with Crippen molar-refractivity contribution in [2.45, 2.75) is 38.0 Å². The molecule has 0 spiro atoms. The Morgan fingerprint density at radius 3 is 2.61 bits per heavy atom. The van der Waals surface area contributed by atoms with Crippen LogP contribution in [0.4, 0.5) is 11.8 Å². The van der Waals surface area contributed by atoms with Gasteiger partial charge in [0.05, 0.1) is 13.2 Å². The molecule has 4 aromatic rings. The van der Waals surface area contributed by atoms with Gasteiger partial charge in [0.1, 0.15) is 30.4 Å². The molecule has 188 valence electrons. The summed E-state index contributed by atoms with van der Waals surface area (Å²) < 4.78 is 13.2. The Morgan fingerprint density at radius 2 is 1.89 bits per heavy atom. The Morgan fingerprint density at radius 1 is 1.08 bits per heavy atom. The molecule has 0 bridgehead atoms. The van der Waals surface area contributed by atoms with E-state index in [1.807, 2.05) is 55.5 Å². The number of aliphatic hydroxyl groups is 3. The van der Waals surface area contributed by atoms with E-state index in [4.69, 9.17) is 15.2 Å². The van der Waals surface area contributed by atoms with Crippen molar-refractivity contribution in [2.75, 3.05) is 24.3 Å². The number of nitrogen functional groups attached to an aromatic ring is 1. The maximum atomic E-state index is 10.7. The molecule has 0 unspecified atom stereocenters. The molecule has 5 rings (SSSR count). The van der Waals surface area contributed by atoms with Crippen LogP contribution in [0.2, 0.25) is 0 Å². The standard InChI is InChI=1S/C25H28N6O5/c1-2-35-17-10-15(14-6-4-3-5-7-14)8-9-16(17)11-27-25-30-19-22(26)28-13-29-23(19)31(25)24-21(34)20(33)18(12-32)36-24/h3-10,13,18,20-21,24,32-34H,2,11-12H2,1H3,(H,27,30)(H2,26,28,29)/t18-,20-,21-,24-/m1/s1. The predicted molar refractivity (Wildman–Crippen MR) is 133 cm³/mol. The van der Waals surface area contributed by atoms with Gasteiger partial charge in [-0.1, -0.05) is 42.5 Å². The van der Waals surface area contributed by atoms with E-state index in [1.54, 1.807) is 0 Å². The minimum Gasteiger partial charge on any atom is -0.494 e. The maximum absolute atomic E-state index is 10.7. The summed E-state index contributed by atoms with van der Waals surface area (Å²) in [5.41, 5.74) is 9.67. The molecule has 1 aliphatic rings. The number of ether oxygens (including phenoxy) is 2. The Balaban J connectivity index is 1.49. The van der Waals surface area contributed by atoms with Crippen LogP contribution in [0.25, 0.3) is 22.3 Å². The largest absolute Gasteiger partial charge is 0.494 e. The zero-order chi connectivity index (χ0) is 25.2. The highest BCUT2D eigenvalue weighted by Crippen LogP contribution is 2.35. The highest BCUT2D eigenvalue weighted by Gasteiger charge is 2.45. The van der Waals surface area contributed by atoms with Gasteiger partial charge in [0.15, 0.2) is 23.2 Å². The number of hydrogen-bond donors (Lipinski definition) is 5. The molecule has 2 aromatic heterocycles. The molecule has 1 saturated heterocycles. The molecule has 4 atom stereocenters. The average Bonchev–Trinajstić information content (AvgIpc) is 3.41. The van der Waals surface area contributed by atoms with Crippen LogP contribution >= 0.6 is 0 Å². The SMILES string of the molecule is CCOc1cc(-c2ccccc2)ccc1CNc1nc2c(N)ncnc2n1[C@@H]1O[C@H](CO)[C@@H](O)[C@H]1O. The van der Waals surface area contributed by atoms with Crippen molar-refractivity contribution in [3.8, 4) is 16.9 Å². The Labute approximate surface area is 207 Å². The number of imidazole rings is 1. The lowest BCUT2D eigenvalue weighted by Gasteiger charge is -2.20. The summed E-state index contributed by atoms with van der Waals surface area (Å²) in [7, 11) is 0. The van der Waals surface area contributed by atoms with Gasteiger partial charge in [0.2, 0.25) is 5.95 Å². The quantitative estimate of drug-likeness (QED) is 0.245. The van der Waals surface area contributed by atoms with E-state index in [9.17, 15) is 15.3 Å². The van der Waals surface area contributed by atoms with Crippen molar-refractivity contribution in [3.05, 3.63) is 60.4 Å². The minimum absolute atomic E-state index is 0.163. The van der Waals surface area contributed by atoms with E-state index >= 15 is 0 Å². The number of hydrogen-bond acceptors (Lipinski definition) is 10. The number of fused-ring (bicyclic) bond motifs is 1. The molecule has 2 aromatic carbocycles. The minimum atomic E-state index is -1.32. The zero-order valence-corrected chi connectivity index (χ0v) is 19.7. The normalized spacial score (nSPS) is 21.7. The van der Waals surface area contributed by atoms with Gasteiger partial charge in [-0.25, -0.2) is 15.0 Å². The zero-order valence-electron chi connectivity index (χ0n) is 19.7. The molecule has 0 radical (unpaired) electrons. The van der Waals surface area contributed by atoms with Gasteiger partial charge in [-0.15, -0.1) is 0 Å². The fraction of sp³-hybridized carbons (Fsp3) is 0.320. The summed E-state index contributed by atoms with van der Waals surface area (Å²) in [6.45, 7) is 2.30. The van der Waals surface area contributed by atoms with Crippen molar-refractivity contribution in [1.82, 2.24) is 19.5 Å². The van der Waals surface area contributed by atoms with Crippen molar-refractivity contribution >= 4 is 22.9 Å². The van der Waals surface area contributed by atoms with Crippen molar-refractivity contribution < 1.29 is 24.8 Å². The summed E-state index contributed by atoms with van der Waals surface area (Å²) >= 11 is 0. The summed E-state index contributed by atoms with van der Waals surface area (Å²) in [6, 6.07) is 16.0. The number of benzene rings is 2. The lowest BCUT2D eigenvalue weighted by atomic mass is 10.0. The third-order valence-corrected chi connectivity index (χ3v) is 6.19. The Kier molecular flexibility index (Phi) is 6.70. The highest BCUT2D eigenvalue weighted by molar-refractivity contribution is 5.84. The van der Waals surface area contributed by atoms with Crippen molar-refractivity contribution in [3.63, 3.8) is 0 Å². The van der Waals surface area contributed by atoms with E-state index in [0.717, 1.165) is 22.4 Å². The summed E-state index contributed by atoms with van der Waals surface area (Å²) in [5, 5.41) is 33.8. The fourth-order valence-electron chi connectivity index (χ4n) is 4.36. The second-order valence-corrected chi connectivity index (χ2v) is 8.44. The molecule has 11 heteroatoms. The smallest absolute Gasteiger partial charge is 0.207 e. The second kappa shape index (κ2) is 10.1. The predicted octanol–water partition coefficient (Wildman–Crippen LogP) is 1.70. The summed E-state index contributed by atoms with van der Waals surface area (Å²) in [4.78, 5) is 12.8. The first-order chi connectivity index (χ1) is 17.5. The summed E-state index contributed by atoms with van der Waals surface area (Å²) in [5.74, 6) is 1.19. The Hall–Kier alpha value is -3.77. The monoisotopic (exact) mass is 492 g/mol. The molecule has 6 N–H and O–H groups in total. The molecule has 3 heterocycles. The van der Waals surface area contributed by atoms with Gasteiger partial charge in [-0.3, -0.25) is 4.57 Å². The van der Waals surface area contributed by atoms with Gasteiger partial charge in [-0.05, 0) is 24.1 Å². The summed E-state index contributed by atoms with van der Waals surface area (Å²) in [6.07, 6.45) is -3.31. The number of nitrogens with one attached hydrogen (secondary N) is 1. The highest BCUT2D eigenvalue weighted by atomic mass is 16.6. The average molecular weight is 493 g/mol. The lowest BCUT2D eigenvalue weighted by Crippen LogP contribution is -2.33. The molecule has 0 aliphatic carbocycles. The van der Waals surface area contributed by atoms with Gasteiger partial charge >= 0.3 is 0 Å². The van der Waals surface area contributed by atoms with Crippen LogP contribution in [0, 0.1) is 0 Å². The first kappa shape index (κ1) is 23.9. The van der Waals surface area contributed by atoms with Crippen LogP contribution in [-0.2, 0) is 11.3 Å². The molecular weight excluding hydrogens is 464 g/mol. The number of nitrogens with two attached hydrogens (primary N) is 1. The fourth-order valence-corrected chi connectivity index (χ4v) is 4.36. The molecule has 0 saturated carbocycles. The van der Waals surface area contributed by atoms with E-state index in [2.05, 4.69) is 20.3 Å². The van der Waals surface area contributed by atoms with E-state index in [1.165, 1.54) is 10.9 Å². The Bertz CT molecular complexity index is 1350. The maximum Gasteiger partial charge on any atom is 0.207 e. The molecule has 36 heavy (non-hydrogen) atoms. The molecule has 0 amide bonds. The van der Waals surface area contributed by atoms with Crippen molar-refractivity contribution in [1.29, 1.82) is 0 Å². The van der Waals surface area contributed by atoms with Crippen LogP contribution in [0.5, 0.6) is 5.75 Å². The number of anilines is 2. The third-order valence-electron chi connectivity index (χ3n) is 6.19. The molecule has 1 aliphatic heterocycles. The first-order valence-corrected chi connectivity index (χ1v) is 11.7. The van der Waals surface area contributed by atoms with Gasteiger partial charge < -0.3 is 35.8 Å². The van der Waals surface area contributed by atoms with Crippen LogP contribution < -0.4 is 15.8 Å². The van der Waals surface area contributed by atoms with Gasteiger partial charge in [0, 0.05) is 12.1 Å². The topological polar surface area (TPSA) is 161 Å². The number of aliphatic hydroxyl groups excluding tert-OH is 3. The van der Waals surface area contributed by atoms with E-state index < -0.39 is 31.1 Å². The number of nitrogens with zero attached hydrogens (tertiary/aromatic N) is 4. The van der Waals surface area contributed by atoms with Gasteiger partial charge in [0.25, 0.3) is 0 Å². The van der Waals surface area contributed by atoms with Crippen LogP contribution in [-0.4, -0.2) is 66.4 Å². The molecule has 1 fully saturated rings.